The van der Waals surface area contributed by atoms with E-state index in [1.54, 1.807) is 12.1 Å². The Morgan fingerprint density at radius 3 is 1.92 bits per heavy atom. The van der Waals surface area contributed by atoms with Crippen LogP contribution in [0.2, 0.25) is 0 Å². The van der Waals surface area contributed by atoms with Crippen molar-refractivity contribution in [1.29, 1.82) is 0 Å². The summed E-state index contributed by atoms with van der Waals surface area (Å²) in [4.78, 5) is 36.0. The third kappa shape index (κ3) is 2.65. The summed E-state index contributed by atoms with van der Waals surface area (Å²) in [6.07, 6.45) is 0. The number of carbonyl (C=O) groups is 3. The van der Waals surface area contributed by atoms with Crippen LogP contribution in [0.25, 0.3) is 21.5 Å². The van der Waals surface area contributed by atoms with Crippen LogP contribution < -0.4 is 0 Å². The van der Waals surface area contributed by atoms with Crippen molar-refractivity contribution in [1.82, 2.24) is 0 Å². The van der Waals surface area contributed by atoms with Gasteiger partial charge in [-0.2, -0.15) is 0 Å². The average molecular weight is 334 g/mol. The van der Waals surface area contributed by atoms with Gasteiger partial charge in [0, 0.05) is 5.56 Å². The van der Waals surface area contributed by atoms with Crippen molar-refractivity contribution in [2.24, 2.45) is 0 Å². The molecule has 0 unspecified atom stereocenters. The molecule has 0 fully saturated rings. The molecule has 0 aromatic heterocycles. The number of carbonyl (C=O) groups excluding carboxylic acids is 1. The summed E-state index contributed by atoms with van der Waals surface area (Å²) in [5, 5.41) is 21.6. The van der Waals surface area contributed by atoms with Crippen LogP contribution in [0.1, 0.15) is 38.0 Å². The van der Waals surface area contributed by atoms with Gasteiger partial charge in [0.25, 0.3) is 0 Å². The third-order valence-corrected chi connectivity index (χ3v) is 4.07. The van der Waals surface area contributed by atoms with E-state index >= 15 is 0 Å². The fourth-order valence-electron chi connectivity index (χ4n) is 2.94. The van der Waals surface area contributed by atoms with Crippen LogP contribution in [-0.4, -0.2) is 27.9 Å². The second kappa shape index (κ2) is 5.87. The van der Waals surface area contributed by atoms with Gasteiger partial charge in [0.15, 0.2) is 5.78 Å². The monoisotopic (exact) mass is 334 g/mol. The maximum atomic E-state index is 12.4. The number of rotatable bonds is 4. The van der Waals surface area contributed by atoms with E-state index in [9.17, 15) is 24.6 Å². The molecule has 3 rings (SSSR count). The fraction of sp³-hybridized carbons (Fsp3) is 0.0500. The molecule has 0 aliphatic carbocycles. The fourth-order valence-corrected chi connectivity index (χ4v) is 2.94. The first-order valence-electron chi connectivity index (χ1n) is 7.47. The van der Waals surface area contributed by atoms with Crippen LogP contribution in [0, 0.1) is 0 Å². The SMILES string of the molecule is C=C(C)C(=O)c1cc2cc3ccccc3cc2c(C(=O)O)c1C(=O)O. The van der Waals surface area contributed by atoms with E-state index in [0.29, 0.717) is 5.39 Å². The van der Waals surface area contributed by atoms with Gasteiger partial charge in [0.05, 0.1) is 11.1 Å². The maximum absolute atomic E-state index is 12.4. The first-order chi connectivity index (χ1) is 11.8. The summed E-state index contributed by atoms with van der Waals surface area (Å²) in [7, 11) is 0. The molecule has 0 amide bonds. The molecule has 0 saturated heterocycles. The Morgan fingerprint density at radius 2 is 1.40 bits per heavy atom. The second-order valence-electron chi connectivity index (χ2n) is 5.81. The molecule has 0 radical (unpaired) electrons. The molecule has 0 spiro atoms. The Hall–Kier alpha value is -3.47. The van der Waals surface area contributed by atoms with E-state index < -0.39 is 23.3 Å². The van der Waals surface area contributed by atoms with Crippen molar-refractivity contribution in [3.63, 3.8) is 0 Å². The third-order valence-electron chi connectivity index (χ3n) is 4.07. The lowest BCUT2D eigenvalue weighted by Crippen LogP contribution is -2.16. The summed E-state index contributed by atoms with van der Waals surface area (Å²) < 4.78 is 0. The van der Waals surface area contributed by atoms with E-state index in [2.05, 4.69) is 6.58 Å². The molecule has 3 aromatic rings. The Bertz CT molecular complexity index is 1090. The van der Waals surface area contributed by atoms with Gasteiger partial charge in [-0.15, -0.1) is 0 Å². The van der Waals surface area contributed by atoms with Crippen LogP contribution in [0.3, 0.4) is 0 Å². The first kappa shape index (κ1) is 16.4. The van der Waals surface area contributed by atoms with Gasteiger partial charge >= 0.3 is 11.9 Å². The van der Waals surface area contributed by atoms with Crippen LogP contribution in [0.4, 0.5) is 0 Å². The highest BCUT2D eigenvalue weighted by Gasteiger charge is 2.27. The van der Waals surface area contributed by atoms with Gasteiger partial charge in [-0.1, -0.05) is 30.8 Å². The van der Waals surface area contributed by atoms with E-state index in [-0.39, 0.29) is 22.1 Å². The predicted octanol–water partition coefficient (Wildman–Crippen LogP) is 4.15. The number of carboxylic acids is 2. The number of benzene rings is 3. The molecular weight excluding hydrogens is 320 g/mol. The lowest BCUT2D eigenvalue weighted by atomic mass is 9.89. The lowest BCUT2D eigenvalue weighted by Gasteiger charge is -2.13. The van der Waals surface area contributed by atoms with Crippen molar-refractivity contribution in [3.8, 4) is 0 Å². The molecule has 25 heavy (non-hydrogen) atoms. The van der Waals surface area contributed by atoms with Gasteiger partial charge < -0.3 is 10.2 Å². The molecule has 3 aromatic carbocycles. The van der Waals surface area contributed by atoms with Crippen molar-refractivity contribution in [3.05, 3.63) is 71.3 Å². The predicted molar refractivity (Wildman–Crippen MR) is 94.5 cm³/mol. The zero-order chi connectivity index (χ0) is 18.3. The number of hydrogen-bond acceptors (Lipinski definition) is 3. The Kier molecular flexibility index (Phi) is 3.85. The number of aromatic carboxylic acids is 2. The minimum Gasteiger partial charge on any atom is -0.478 e. The molecule has 124 valence electrons. The van der Waals surface area contributed by atoms with E-state index in [4.69, 9.17) is 0 Å². The number of allylic oxidation sites excluding steroid dienone is 1. The summed E-state index contributed by atoms with van der Waals surface area (Å²) in [5.41, 5.74) is -0.928. The summed E-state index contributed by atoms with van der Waals surface area (Å²) in [6.45, 7) is 5.00. The molecular formula is C20H14O5. The zero-order valence-electron chi connectivity index (χ0n) is 13.4. The second-order valence-corrected chi connectivity index (χ2v) is 5.81. The molecule has 0 bridgehead atoms. The Labute approximate surface area is 142 Å². The minimum atomic E-state index is -1.46. The average Bonchev–Trinajstić information content (AvgIpc) is 2.57. The zero-order valence-corrected chi connectivity index (χ0v) is 13.4. The summed E-state index contributed by atoms with van der Waals surface area (Å²) >= 11 is 0. The number of carboxylic acid groups (broad SMARTS) is 2. The highest BCUT2D eigenvalue weighted by molar-refractivity contribution is 6.22. The van der Waals surface area contributed by atoms with Crippen LogP contribution >= 0.6 is 0 Å². The highest BCUT2D eigenvalue weighted by atomic mass is 16.4. The van der Waals surface area contributed by atoms with Crippen molar-refractivity contribution in [2.75, 3.05) is 0 Å². The highest BCUT2D eigenvalue weighted by Crippen LogP contribution is 2.31. The molecule has 5 nitrogen and oxygen atoms in total. The first-order valence-corrected chi connectivity index (χ1v) is 7.47. The van der Waals surface area contributed by atoms with Gasteiger partial charge in [-0.25, -0.2) is 9.59 Å². The molecule has 0 atom stereocenters. The number of ketones is 1. The molecule has 0 saturated carbocycles. The van der Waals surface area contributed by atoms with Crippen molar-refractivity contribution < 1.29 is 24.6 Å². The molecule has 2 N–H and O–H groups in total. The van der Waals surface area contributed by atoms with E-state index in [1.807, 2.05) is 24.3 Å². The molecule has 0 heterocycles. The topological polar surface area (TPSA) is 91.7 Å². The summed E-state index contributed by atoms with van der Waals surface area (Å²) in [6, 6.07) is 12.1. The molecule has 5 heteroatoms. The van der Waals surface area contributed by atoms with Gasteiger partial charge in [-0.3, -0.25) is 4.79 Å². The summed E-state index contributed by atoms with van der Waals surface area (Å²) in [5.74, 6) is -3.44. The molecule has 0 aliphatic rings. The van der Waals surface area contributed by atoms with Crippen LogP contribution in [0.15, 0.2) is 54.6 Å². The minimum absolute atomic E-state index is 0.138. The number of Topliss-reactive ketones (excluding diaryl/α,β-unsaturated/α-hetero) is 1. The lowest BCUT2D eigenvalue weighted by molar-refractivity contribution is 0.0651. The van der Waals surface area contributed by atoms with E-state index in [1.165, 1.54) is 13.0 Å². The standard InChI is InChI=1S/C20H14O5/c1-10(2)18(21)15-9-13-7-11-5-3-4-6-12(11)8-14(13)16(19(22)23)17(15)20(24)25/h3-9H,1H2,2H3,(H,22,23)(H,24,25). The van der Waals surface area contributed by atoms with Crippen LogP contribution in [-0.2, 0) is 0 Å². The largest absolute Gasteiger partial charge is 0.478 e. The van der Waals surface area contributed by atoms with E-state index in [0.717, 1.165) is 10.8 Å². The van der Waals surface area contributed by atoms with Gasteiger partial charge in [0.2, 0.25) is 0 Å². The quantitative estimate of drug-likeness (QED) is 0.425. The number of hydrogen-bond donors (Lipinski definition) is 2. The van der Waals surface area contributed by atoms with Crippen LogP contribution in [0.5, 0.6) is 0 Å². The van der Waals surface area contributed by atoms with Crippen molar-refractivity contribution in [2.45, 2.75) is 6.92 Å². The smallest absolute Gasteiger partial charge is 0.337 e. The Morgan fingerprint density at radius 1 is 0.840 bits per heavy atom. The normalized spacial score (nSPS) is 10.8. The maximum Gasteiger partial charge on any atom is 0.337 e. The van der Waals surface area contributed by atoms with Gasteiger partial charge in [0.1, 0.15) is 0 Å². The number of fused-ring (bicyclic) bond motifs is 2. The Balaban J connectivity index is 2.55. The van der Waals surface area contributed by atoms with Gasteiger partial charge in [-0.05, 0) is 52.2 Å². The van der Waals surface area contributed by atoms with Crippen molar-refractivity contribution >= 4 is 39.3 Å². The molecule has 0 aliphatic heterocycles.